The first-order chi connectivity index (χ1) is 4.86. The third kappa shape index (κ3) is 0.673. The Hall–Kier alpha value is -1.38. The van der Waals surface area contributed by atoms with Crippen LogP contribution in [-0.4, -0.2) is 9.50 Å². The largest absolute Gasteiger partial charge is 0.270 e. The maximum absolute atomic E-state index is 4.19. The number of pyridine rings is 1. The van der Waals surface area contributed by atoms with Crippen molar-refractivity contribution in [2.45, 2.75) is 0 Å². The molecule has 3 nitrogen and oxygen atoms in total. The van der Waals surface area contributed by atoms with Crippen molar-refractivity contribution >= 4 is 5.65 Å². The Kier molecular flexibility index (Phi) is 0.974. The van der Waals surface area contributed by atoms with E-state index in [0.717, 1.165) is 5.65 Å². The van der Waals surface area contributed by atoms with Crippen LogP contribution in [0.1, 0.15) is 0 Å². The Morgan fingerprint density at radius 2 is 2.40 bits per heavy atom. The highest BCUT2D eigenvalue weighted by molar-refractivity contribution is 5.33. The first-order valence-electron chi connectivity index (χ1n) is 3.16. The summed E-state index contributed by atoms with van der Waals surface area (Å²) >= 11 is 0. The molecule has 0 amide bonds. The summed E-state index contributed by atoms with van der Waals surface area (Å²) in [5.41, 5.74) is 0.977. The van der Waals surface area contributed by atoms with Gasteiger partial charge in [0, 0.05) is 6.07 Å². The molecular formula is C7H8N3+. The molecule has 2 aromatic heterocycles. The fraction of sp³-hybridized carbons (Fsp3) is 0.143. The van der Waals surface area contributed by atoms with Crippen LogP contribution in [-0.2, 0) is 7.05 Å². The van der Waals surface area contributed by atoms with Crippen molar-refractivity contribution in [2.24, 2.45) is 7.05 Å². The quantitative estimate of drug-likeness (QED) is 0.470. The molecule has 0 aliphatic heterocycles. The molecule has 0 atom stereocenters. The van der Waals surface area contributed by atoms with E-state index in [2.05, 4.69) is 5.10 Å². The van der Waals surface area contributed by atoms with E-state index in [-0.39, 0.29) is 0 Å². The third-order valence-electron chi connectivity index (χ3n) is 1.42. The minimum Gasteiger partial charge on any atom is -0.185 e. The molecule has 0 aromatic carbocycles. The zero-order valence-electron chi connectivity index (χ0n) is 5.73. The lowest BCUT2D eigenvalue weighted by atomic mass is 10.5. The van der Waals surface area contributed by atoms with Gasteiger partial charge in [0.05, 0.1) is 6.20 Å². The number of hydrogen-bond donors (Lipinski definition) is 0. The van der Waals surface area contributed by atoms with Gasteiger partial charge in [-0.15, -0.1) is 4.68 Å². The van der Waals surface area contributed by atoms with Crippen molar-refractivity contribution in [1.82, 2.24) is 9.50 Å². The molecule has 0 spiro atoms. The molecule has 0 aliphatic rings. The monoisotopic (exact) mass is 134 g/mol. The average molecular weight is 134 g/mol. The molecule has 0 unspecified atom stereocenters. The number of aromatic nitrogens is 3. The van der Waals surface area contributed by atoms with Gasteiger partial charge in [-0.1, -0.05) is 6.07 Å². The molecular weight excluding hydrogens is 126 g/mol. The molecule has 2 aromatic rings. The van der Waals surface area contributed by atoms with Gasteiger partial charge < -0.3 is 0 Å². The molecule has 0 fully saturated rings. The zero-order chi connectivity index (χ0) is 6.97. The molecule has 0 N–H and O–H groups in total. The maximum atomic E-state index is 4.19. The van der Waals surface area contributed by atoms with E-state index in [4.69, 9.17) is 0 Å². The lowest BCUT2D eigenvalue weighted by molar-refractivity contribution is -0.727. The SMILES string of the molecule is C[n+]1cn2ccccc2n1. The van der Waals surface area contributed by atoms with E-state index in [1.54, 1.807) is 4.68 Å². The summed E-state index contributed by atoms with van der Waals surface area (Å²) in [6.45, 7) is 0. The Bertz CT molecular complexity index is 317. The summed E-state index contributed by atoms with van der Waals surface area (Å²) in [5, 5.41) is 4.19. The molecule has 0 radical (unpaired) electrons. The number of rotatable bonds is 0. The van der Waals surface area contributed by atoms with Gasteiger partial charge in [-0.2, -0.15) is 4.40 Å². The van der Waals surface area contributed by atoms with Crippen LogP contribution < -0.4 is 4.68 Å². The first kappa shape index (κ1) is 5.41. The topological polar surface area (TPSA) is 21.2 Å². The van der Waals surface area contributed by atoms with Crippen LogP contribution in [0.3, 0.4) is 0 Å². The van der Waals surface area contributed by atoms with Gasteiger partial charge in [-0.3, -0.25) is 0 Å². The molecule has 3 heteroatoms. The van der Waals surface area contributed by atoms with Crippen LogP contribution in [0.5, 0.6) is 0 Å². The molecule has 10 heavy (non-hydrogen) atoms. The highest BCUT2D eigenvalue weighted by atomic mass is 15.3. The van der Waals surface area contributed by atoms with E-state index in [9.17, 15) is 0 Å². The summed E-state index contributed by atoms with van der Waals surface area (Å²) in [7, 11) is 1.91. The molecule has 0 bridgehead atoms. The van der Waals surface area contributed by atoms with Crippen molar-refractivity contribution < 1.29 is 4.68 Å². The Morgan fingerprint density at radius 1 is 1.50 bits per heavy atom. The lowest BCUT2D eigenvalue weighted by Gasteiger charge is -1.76. The van der Waals surface area contributed by atoms with Crippen molar-refractivity contribution in [1.29, 1.82) is 0 Å². The fourth-order valence-electron chi connectivity index (χ4n) is 0.997. The minimum atomic E-state index is 0.977. The van der Waals surface area contributed by atoms with Gasteiger partial charge in [0.15, 0.2) is 0 Å². The normalized spacial score (nSPS) is 10.5. The van der Waals surface area contributed by atoms with Crippen LogP contribution in [0.15, 0.2) is 30.7 Å². The van der Waals surface area contributed by atoms with E-state index < -0.39 is 0 Å². The Morgan fingerprint density at radius 3 is 3.20 bits per heavy atom. The second-order valence-electron chi connectivity index (χ2n) is 2.26. The maximum Gasteiger partial charge on any atom is 0.270 e. The van der Waals surface area contributed by atoms with Gasteiger partial charge in [0.25, 0.3) is 12.0 Å². The van der Waals surface area contributed by atoms with Gasteiger partial charge in [0.2, 0.25) is 0 Å². The molecule has 50 valence electrons. The van der Waals surface area contributed by atoms with E-state index in [1.165, 1.54) is 0 Å². The predicted octanol–water partition coefficient (Wildman–Crippen LogP) is 0.159. The van der Waals surface area contributed by atoms with Crippen LogP contribution in [0, 0.1) is 0 Å². The molecule has 0 aliphatic carbocycles. The van der Waals surface area contributed by atoms with Gasteiger partial charge in [-0.25, -0.2) is 0 Å². The second kappa shape index (κ2) is 1.80. The molecule has 0 saturated carbocycles. The molecule has 0 saturated heterocycles. The van der Waals surface area contributed by atoms with Crippen molar-refractivity contribution in [3.05, 3.63) is 30.7 Å². The summed E-state index contributed by atoms with van der Waals surface area (Å²) in [4.78, 5) is 0. The van der Waals surface area contributed by atoms with Crippen LogP contribution in [0.2, 0.25) is 0 Å². The van der Waals surface area contributed by atoms with Gasteiger partial charge >= 0.3 is 0 Å². The Labute approximate surface area is 58.5 Å². The fourth-order valence-corrected chi connectivity index (χ4v) is 0.997. The van der Waals surface area contributed by atoms with Crippen molar-refractivity contribution in [2.75, 3.05) is 0 Å². The minimum absolute atomic E-state index is 0.977. The molecule has 2 heterocycles. The molecule has 2 rings (SSSR count). The highest BCUT2D eigenvalue weighted by Gasteiger charge is 2.00. The number of fused-ring (bicyclic) bond motifs is 1. The van der Waals surface area contributed by atoms with E-state index in [0.29, 0.717) is 0 Å². The third-order valence-corrected chi connectivity index (χ3v) is 1.42. The summed E-state index contributed by atoms with van der Waals surface area (Å²) in [5.74, 6) is 0. The van der Waals surface area contributed by atoms with Crippen molar-refractivity contribution in [3.63, 3.8) is 0 Å². The number of hydrogen-bond acceptors (Lipinski definition) is 1. The highest BCUT2D eigenvalue weighted by Crippen LogP contribution is 1.93. The van der Waals surface area contributed by atoms with Gasteiger partial charge in [-0.05, 0) is 11.2 Å². The number of nitrogens with zero attached hydrogens (tertiary/aromatic N) is 3. The van der Waals surface area contributed by atoms with Crippen LogP contribution >= 0.6 is 0 Å². The second-order valence-corrected chi connectivity index (χ2v) is 2.26. The summed E-state index contributed by atoms with van der Waals surface area (Å²) < 4.78 is 3.76. The lowest BCUT2D eigenvalue weighted by Crippen LogP contribution is -2.28. The number of aryl methyl sites for hydroxylation is 1. The van der Waals surface area contributed by atoms with Crippen molar-refractivity contribution in [3.8, 4) is 0 Å². The average Bonchev–Trinajstić information content (AvgIpc) is 2.27. The smallest absolute Gasteiger partial charge is 0.185 e. The van der Waals surface area contributed by atoms with E-state index >= 15 is 0 Å². The van der Waals surface area contributed by atoms with Crippen LogP contribution in [0.25, 0.3) is 5.65 Å². The predicted molar refractivity (Wildman–Crippen MR) is 36.4 cm³/mol. The van der Waals surface area contributed by atoms with E-state index in [1.807, 2.05) is 42.2 Å². The summed E-state index contributed by atoms with van der Waals surface area (Å²) in [6.07, 6.45) is 3.90. The summed E-state index contributed by atoms with van der Waals surface area (Å²) in [6, 6.07) is 5.93. The van der Waals surface area contributed by atoms with Gasteiger partial charge in [0.1, 0.15) is 7.05 Å². The first-order valence-corrected chi connectivity index (χ1v) is 3.16. The zero-order valence-corrected chi connectivity index (χ0v) is 5.73. The Balaban J connectivity index is 2.88. The van der Waals surface area contributed by atoms with Crippen LogP contribution in [0.4, 0.5) is 0 Å². The standard InChI is InChI=1S/C7H8N3/c1-9-6-10-5-3-2-4-7(10)8-9/h2-6H,1H3/q+1.